The summed E-state index contributed by atoms with van der Waals surface area (Å²) in [6, 6.07) is 11.0. The maximum Gasteiger partial charge on any atom is 0.262 e. The minimum Gasteiger partial charge on any atom is -0.482 e. The summed E-state index contributed by atoms with van der Waals surface area (Å²) in [5.74, 6) is 0.463. The highest BCUT2D eigenvalue weighted by Gasteiger charge is 2.18. The van der Waals surface area contributed by atoms with Gasteiger partial charge in [0.2, 0.25) is 4.80 Å². The second kappa shape index (κ2) is 8.86. The van der Waals surface area contributed by atoms with E-state index in [2.05, 4.69) is 5.32 Å². The van der Waals surface area contributed by atoms with Crippen molar-refractivity contribution in [3.05, 3.63) is 62.2 Å². The molecule has 4 rings (SSSR count). The number of carbonyl (C=O) groups excluding carboxylic acids is 1. The molecule has 0 aliphatic carbocycles. The van der Waals surface area contributed by atoms with E-state index in [1.807, 2.05) is 44.4 Å². The Hall–Kier alpha value is -2.61. The lowest BCUT2D eigenvalue weighted by molar-refractivity contribution is -0.118. The van der Waals surface area contributed by atoms with Crippen molar-refractivity contribution in [3.8, 4) is 17.0 Å². The normalized spacial score (nSPS) is 14.5. The van der Waals surface area contributed by atoms with Gasteiger partial charge in [-0.15, -0.1) is 11.3 Å². The fourth-order valence-corrected chi connectivity index (χ4v) is 4.52. The third-order valence-electron chi connectivity index (χ3n) is 4.53. The fourth-order valence-electron chi connectivity index (χ4n) is 3.13. The molecule has 0 unspecified atom stereocenters. The molecule has 1 aliphatic rings. The van der Waals surface area contributed by atoms with E-state index in [9.17, 15) is 4.79 Å². The van der Waals surface area contributed by atoms with Crippen molar-refractivity contribution in [3.63, 3.8) is 0 Å². The third kappa shape index (κ3) is 4.69. The molecule has 1 amide bonds. The first kappa shape index (κ1) is 21.6. The summed E-state index contributed by atoms with van der Waals surface area (Å²) < 4.78 is 7.27. The summed E-state index contributed by atoms with van der Waals surface area (Å²) in [5, 5.41) is 10.8. The molecule has 1 aromatic heterocycles. The average Bonchev–Trinajstić information content (AvgIpc) is 3.10. The van der Waals surface area contributed by atoms with Gasteiger partial charge in [-0.1, -0.05) is 23.2 Å². The van der Waals surface area contributed by atoms with Crippen LogP contribution in [0.3, 0.4) is 0 Å². The second-order valence-corrected chi connectivity index (χ2v) is 8.98. The molecule has 0 bridgehead atoms. The van der Waals surface area contributed by atoms with Gasteiger partial charge in [0, 0.05) is 32.6 Å². The largest absolute Gasteiger partial charge is 0.482 e. The van der Waals surface area contributed by atoms with Crippen LogP contribution in [0.25, 0.3) is 11.3 Å². The number of nitrogens with one attached hydrogen (secondary N) is 1. The predicted molar refractivity (Wildman–Crippen MR) is 127 cm³/mol. The van der Waals surface area contributed by atoms with E-state index < -0.39 is 0 Å². The molecule has 0 spiro atoms. The van der Waals surface area contributed by atoms with E-state index in [0.29, 0.717) is 27.2 Å². The highest BCUT2D eigenvalue weighted by molar-refractivity contribution is 7.07. The van der Waals surface area contributed by atoms with E-state index in [1.165, 1.54) is 11.3 Å². The van der Waals surface area contributed by atoms with Crippen molar-refractivity contribution < 1.29 is 9.53 Å². The summed E-state index contributed by atoms with van der Waals surface area (Å²) >= 11 is 14.0. The Morgan fingerprint density at radius 3 is 2.81 bits per heavy atom. The zero-order valence-electron chi connectivity index (χ0n) is 17.1. The fraction of sp³-hybridized carbons (Fsp3) is 0.227. The van der Waals surface area contributed by atoms with Gasteiger partial charge in [0.1, 0.15) is 5.75 Å². The van der Waals surface area contributed by atoms with Gasteiger partial charge in [-0.3, -0.25) is 9.79 Å². The zero-order chi connectivity index (χ0) is 22.1. The number of hydrogen-bond acceptors (Lipinski definition) is 5. The molecule has 0 atom stereocenters. The van der Waals surface area contributed by atoms with Crippen LogP contribution < -0.4 is 14.9 Å². The molecule has 0 saturated heterocycles. The van der Waals surface area contributed by atoms with Crippen molar-refractivity contribution in [2.75, 3.05) is 11.9 Å². The van der Waals surface area contributed by atoms with Crippen molar-refractivity contribution in [2.45, 2.75) is 26.8 Å². The van der Waals surface area contributed by atoms with E-state index in [4.69, 9.17) is 38.0 Å². The van der Waals surface area contributed by atoms with E-state index >= 15 is 0 Å². The summed E-state index contributed by atoms with van der Waals surface area (Å²) in [5.41, 5.74) is 3.80. The van der Waals surface area contributed by atoms with Gasteiger partial charge >= 0.3 is 0 Å². The molecule has 0 fully saturated rings. The molecular weight excluding hydrogens is 455 g/mol. The monoisotopic (exact) mass is 474 g/mol. The van der Waals surface area contributed by atoms with Gasteiger partial charge in [0.05, 0.1) is 17.1 Å². The van der Waals surface area contributed by atoms with Crippen LogP contribution >= 0.6 is 34.5 Å². The number of thiazole rings is 1. The minimum atomic E-state index is -0.178. The minimum absolute atomic E-state index is 0.0199. The molecule has 2 heterocycles. The molecule has 3 aromatic rings. The van der Waals surface area contributed by atoms with Crippen molar-refractivity contribution >= 4 is 51.8 Å². The maximum absolute atomic E-state index is 11.7. The lowest BCUT2D eigenvalue weighted by atomic mass is 10.1. The molecule has 9 heteroatoms. The number of ether oxygens (including phenoxy) is 1. The SMILES string of the molecule is CC(=Nn1c(-c2ccc3c(c2)NC(=O)CO3)csc1=NC(C)C)c1cc(Cl)ccc1Cl. The summed E-state index contributed by atoms with van der Waals surface area (Å²) in [7, 11) is 0. The predicted octanol–water partition coefficient (Wildman–Crippen LogP) is 5.44. The maximum atomic E-state index is 11.7. The Morgan fingerprint density at radius 1 is 1.23 bits per heavy atom. The van der Waals surface area contributed by atoms with Crippen LogP contribution in [0.2, 0.25) is 10.0 Å². The van der Waals surface area contributed by atoms with Gasteiger partial charge < -0.3 is 10.1 Å². The first-order chi connectivity index (χ1) is 14.8. The van der Waals surface area contributed by atoms with Crippen LogP contribution in [0.15, 0.2) is 51.9 Å². The first-order valence-corrected chi connectivity index (χ1v) is 11.3. The van der Waals surface area contributed by atoms with Crippen LogP contribution in [0.5, 0.6) is 5.75 Å². The first-order valence-electron chi connectivity index (χ1n) is 9.64. The van der Waals surface area contributed by atoms with Crippen LogP contribution in [0.4, 0.5) is 5.69 Å². The lowest BCUT2D eigenvalue weighted by Crippen LogP contribution is -2.25. The number of amides is 1. The summed E-state index contributed by atoms with van der Waals surface area (Å²) in [6.45, 7) is 5.93. The molecule has 0 saturated carbocycles. The number of fused-ring (bicyclic) bond motifs is 1. The van der Waals surface area contributed by atoms with Crippen LogP contribution in [-0.2, 0) is 4.79 Å². The molecule has 1 aliphatic heterocycles. The van der Waals surface area contributed by atoms with Crippen molar-refractivity contribution in [1.29, 1.82) is 0 Å². The highest BCUT2D eigenvalue weighted by Crippen LogP contribution is 2.33. The number of halogens is 2. The number of aromatic nitrogens is 1. The molecule has 1 N–H and O–H groups in total. The summed E-state index contributed by atoms with van der Waals surface area (Å²) in [4.78, 5) is 17.2. The van der Waals surface area contributed by atoms with Gasteiger partial charge in [-0.05, 0) is 57.2 Å². The van der Waals surface area contributed by atoms with Crippen molar-refractivity contribution in [1.82, 2.24) is 4.68 Å². The van der Waals surface area contributed by atoms with E-state index in [0.717, 1.165) is 21.6 Å². The Balaban J connectivity index is 1.86. The number of hydrogen-bond donors (Lipinski definition) is 1. The molecule has 31 heavy (non-hydrogen) atoms. The Morgan fingerprint density at radius 2 is 2.03 bits per heavy atom. The Labute approximate surface area is 193 Å². The topological polar surface area (TPSA) is 68.0 Å². The summed E-state index contributed by atoms with van der Waals surface area (Å²) in [6.07, 6.45) is 0. The highest BCUT2D eigenvalue weighted by atomic mass is 35.5. The molecular formula is C22H20Cl2N4O2S. The molecule has 160 valence electrons. The number of benzene rings is 2. The van der Waals surface area contributed by atoms with Gasteiger partial charge in [-0.25, -0.2) is 4.68 Å². The Bertz CT molecular complexity index is 1260. The van der Waals surface area contributed by atoms with Crippen LogP contribution in [0, 0.1) is 0 Å². The lowest BCUT2D eigenvalue weighted by Gasteiger charge is -2.18. The standard InChI is InChI=1S/C22H20Cl2N4O2S/c1-12(2)25-22-28(27-13(3)16-9-15(23)5-6-17(16)24)19(11-31-22)14-4-7-20-18(8-14)26-21(29)10-30-20/h4-9,11-12H,10H2,1-3H3,(H,26,29). The van der Waals surface area contributed by atoms with Gasteiger partial charge in [0.15, 0.2) is 6.61 Å². The van der Waals surface area contributed by atoms with E-state index in [1.54, 1.807) is 22.9 Å². The van der Waals surface area contributed by atoms with Crippen molar-refractivity contribution in [2.24, 2.45) is 10.1 Å². The quantitative estimate of drug-likeness (QED) is 0.511. The molecule has 0 radical (unpaired) electrons. The Kier molecular flexibility index (Phi) is 6.18. The molecule has 2 aromatic carbocycles. The number of rotatable bonds is 4. The number of anilines is 1. The van der Waals surface area contributed by atoms with E-state index in [-0.39, 0.29) is 18.6 Å². The van der Waals surface area contributed by atoms with Crippen LogP contribution in [-0.4, -0.2) is 28.9 Å². The zero-order valence-corrected chi connectivity index (χ0v) is 19.5. The third-order valence-corrected chi connectivity index (χ3v) is 5.93. The smallest absolute Gasteiger partial charge is 0.262 e. The second-order valence-electron chi connectivity index (χ2n) is 7.30. The number of nitrogens with zero attached hydrogens (tertiary/aromatic N) is 3. The molecule has 6 nitrogen and oxygen atoms in total. The van der Waals surface area contributed by atoms with Crippen LogP contribution in [0.1, 0.15) is 26.3 Å². The van der Waals surface area contributed by atoms with Gasteiger partial charge in [-0.2, -0.15) is 5.10 Å². The number of carbonyl (C=O) groups is 1. The van der Waals surface area contributed by atoms with Gasteiger partial charge in [0.25, 0.3) is 5.91 Å². The average molecular weight is 475 g/mol.